The summed E-state index contributed by atoms with van der Waals surface area (Å²) in [4.78, 5) is 32.3. The molecule has 0 aliphatic carbocycles. The van der Waals surface area contributed by atoms with Gasteiger partial charge in [0.25, 0.3) is 5.91 Å². The Bertz CT molecular complexity index is 1140. The number of ether oxygens (including phenoxy) is 2. The Morgan fingerprint density at radius 3 is 2.32 bits per heavy atom. The van der Waals surface area contributed by atoms with Crippen molar-refractivity contribution in [2.75, 3.05) is 12.4 Å². The summed E-state index contributed by atoms with van der Waals surface area (Å²) in [5, 5.41) is 14.1. The van der Waals surface area contributed by atoms with Crippen LogP contribution in [-0.2, 0) is 24.2 Å². The summed E-state index contributed by atoms with van der Waals surface area (Å²) in [6, 6.07) is 7.44. The van der Waals surface area contributed by atoms with E-state index in [2.05, 4.69) is 30.8 Å². The lowest BCUT2D eigenvalue weighted by molar-refractivity contribution is 0.00622. The van der Waals surface area contributed by atoms with Gasteiger partial charge in [-0.05, 0) is 63.9 Å². The van der Waals surface area contributed by atoms with Crippen molar-refractivity contribution in [1.29, 1.82) is 0 Å². The van der Waals surface area contributed by atoms with Crippen molar-refractivity contribution < 1.29 is 19.1 Å². The monoisotopic (exact) mass is 468 g/mol. The van der Waals surface area contributed by atoms with Crippen molar-refractivity contribution in [2.24, 2.45) is 0 Å². The molecular weight excluding hydrogens is 436 g/mol. The maximum Gasteiger partial charge on any atom is 0.355 e. The number of hydrogen-bond acceptors (Lipinski definition) is 7. The van der Waals surface area contributed by atoms with Gasteiger partial charge in [0.2, 0.25) is 0 Å². The van der Waals surface area contributed by atoms with Gasteiger partial charge in [-0.2, -0.15) is 0 Å². The maximum atomic E-state index is 13.3. The molecule has 2 heterocycles. The number of anilines is 1. The van der Waals surface area contributed by atoms with E-state index in [0.717, 1.165) is 11.4 Å². The highest BCUT2D eigenvalue weighted by Gasteiger charge is 2.28. The summed E-state index contributed by atoms with van der Waals surface area (Å²) in [7, 11) is 1.61. The molecular formula is C24H32N6O4. The van der Waals surface area contributed by atoms with E-state index in [-0.39, 0.29) is 18.1 Å². The van der Waals surface area contributed by atoms with Crippen LogP contribution in [0.25, 0.3) is 0 Å². The number of aryl methyl sites for hydroxylation is 1. The largest absolute Gasteiger partial charge is 0.497 e. The third kappa shape index (κ3) is 6.15. The minimum atomic E-state index is -0.665. The number of nitrogens with zero attached hydrogens (tertiary/aromatic N) is 2. The van der Waals surface area contributed by atoms with Gasteiger partial charge >= 0.3 is 5.97 Å². The van der Waals surface area contributed by atoms with Crippen LogP contribution in [0, 0.1) is 6.92 Å². The Labute approximate surface area is 198 Å². The van der Waals surface area contributed by atoms with E-state index < -0.39 is 11.6 Å². The topological polar surface area (TPSA) is 134 Å². The van der Waals surface area contributed by atoms with Crippen molar-refractivity contribution in [3.8, 4) is 5.75 Å². The van der Waals surface area contributed by atoms with E-state index >= 15 is 0 Å². The first kappa shape index (κ1) is 24.8. The van der Waals surface area contributed by atoms with Gasteiger partial charge in [-0.15, -0.1) is 10.2 Å². The molecule has 0 atom stereocenters. The molecule has 0 bridgehead atoms. The van der Waals surface area contributed by atoms with Gasteiger partial charge in [0.1, 0.15) is 28.7 Å². The molecule has 3 rings (SSSR count). The molecule has 1 amide bonds. The highest BCUT2D eigenvalue weighted by Crippen LogP contribution is 2.24. The molecule has 34 heavy (non-hydrogen) atoms. The van der Waals surface area contributed by atoms with Crippen LogP contribution in [0.15, 0.2) is 24.3 Å². The molecule has 0 radical (unpaired) electrons. The SMILES string of the molecule is CCc1c(C(=O)OC(C)(C)C)[nH]c(CNc2ccc(OC)cc2)c1C(=O)NCc1nnc(C)[nH]1. The lowest BCUT2D eigenvalue weighted by atomic mass is 10.0. The number of aromatic nitrogens is 4. The number of carbonyl (C=O) groups excluding carboxylic acids is 2. The molecule has 0 fully saturated rings. The molecule has 182 valence electrons. The van der Waals surface area contributed by atoms with Crippen LogP contribution < -0.4 is 15.4 Å². The predicted octanol–water partition coefficient (Wildman–Crippen LogP) is 3.51. The number of benzene rings is 1. The fraction of sp³-hybridized carbons (Fsp3) is 0.417. The van der Waals surface area contributed by atoms with Crippen LogP contribution >= 0.6 is 0 Å². The Balaban J connectivity index is 1.89. The molecule has 0 aliphatic rings. The zero-order valence-electron chi connectivity index (χ0n) is 20.5. The third-order valence-electron chi connectivity index (χ3n) is 4.99. The second kappa shape index (κ2) is 10.4. The van der Waals surface area contributed by atoms with Crippen LogP contribution in [-0.4, -0.2) is 44.8 Å². The average molecular weight is 469 g/mol. The zero-order valence-corrected chi connectivity index (χ0v) is 20.5. The minimum Gasteiger partial charge on any atom is -0.497 e. The molecule has 1 aromatic carbocycles. The van der Waals surface area contributed by atoms with Crippen LogP contribution in [0.3, 0.4) is 0 Å². The first-order chi connectivity index (χ1) is 16.1. The van der Waals surface area contributed by atoms with E-state index in [4.69, 9.17) is 9.47 Å². The summed E-state index contributed by atoms with van der Waals surface area (Å²) in [5.74, 6) is 1.14. The van der Waals surface area contributed by atoms with Crippen LogP contribution in [0.5, 0.6) is 5.75 Å². The van der Waals surface area contributed by atoms with Crippen molar-refractivity contribution in [2.45, 2.75) is 59.7 Å². The normalized spacial score (nSPS) is 11.2. The molecule has 0 aliphatic heterocycles. The van der Waals surface area contributed by atoms with E-state index in [0.29, 0.717) is 41.4 Å². The fourth-order valence-corrected chi connectivity index (χ4v) is 3.48. The average Bonchev–Trinajstić information content (AvgIpc) is 3.38. The molecule has 10 heteroatoms. The predicted molar refractivity (Wildman–Crippen MR) is 128 cm³/mol. The number of aromatic amines is 2. The lowest BCUT2D eigenvalue weighted by Gasteiger charge is -2.19. The maximum absolute atomic E-state index is 13.3. The van der Waals surface area contributed by atoms with Crippen molar-refractivity contribution >= 4 is 17.6 Å². The fourth-order valence-electron chi connectivity index (χ4n) is 3.48. The van der Waals surface area contributed by atoms with Crippen LogP contribution in [0.1, 0.15) is 71.4 Å². The van der Waals surface area contributed by atoms with E-state index in [1.165, 1.54) is 0 Å². The summed E-state index contributed by atoms with van der Waals surface area (Å²) < 4.78 is 10.8. The van der Waals surface area contributed by atoms with E-state index in [9.17, 15) is 9.59 Å². The molecule has 2 aromatic heterocycles. The molecule has 0 unspecified atom stereocenters. The molecule has 4 N–H and O–H groups in total. The van der Waals surface area contributed by atoms with Gasteiger partial charge in [0.15, 0.2) is 0 Å². The Hall–Kier alpha value is -3.82. The quantitative estimate of drug-likeness (QED) is 0.353. The highest BCUT2D eigenvalue weighted by molar-refractivity contribution is 6.01. The minimum absolute atomic E-state index is 0.182. The summed E-state index contributed by atoms with van der Waals surface area (Å²) >= 11 is 0. The zero-order chi connectivity index (χ0) is 24.9. The summed E-state index contributed by atoms with van der Waals surface area (Å²) in [6.07, 6.45) is 0.470. The van der Waals surface area contributed by atoms with Gasteiger partial charge in [-0.25, -0.2) is 4.79 Å². The highest BCUT2D eigenvalue weighted by atomic mass is 16.6. The van der Waals surface area contributed by atoms with Gasteiger partial charge in [0, 0.05) is 11.4 Å². The molecule has 0 saturated carbocycles. The van der Waals surface area contributed by atoms with Crippen molar-refractivity contribution in [3.63, 3.8) is 0 Å². The number of carbonyl (C=O) groups is 2. The first-order valence-corrected chi connectivity index (χ1v) is 11.1. The van der Waals surface area contributed by atoms with E-state index in [1.807, 2.05) is 31.2 Å². The Kier molecular flexibility index (Phi) is 7.60. The number of H-pyrrole nitrogens is 2. The summed E-state index contributed by atoms with van der Waals surface area (Å²) in [6.45, 7) is 9.58. The van der Waals surface area contributed by atoms with Gasteiger partial charge < -0.3 is 30.1 Å². The number of hydrogen-bond donors (Lipinski definition) is 4. The molecule has 10 nitrogen and oxygen atoms in total. The van der Waals surface area contributed by atoms with Crippen LogP contribution in [0.2, 0.25) is 0 Å². The van der Waals surface area contributed by atoms with Gasteiger partial charge in [-0.1, -0.05) is 6.92 Å². The third-order valence-corrected chi connectivity index (χ3v) is 4.99. The number of nitrogens with one attached hydrogen (secondary N) is 4. The second-order valence-corrected chi connectivity index (χ2v) is 8.81. The standard InChI is InChI=1S/C24H32N6O4/c1-7-17-20(22(31)26-13-19-27-14(2)29-30-19)18(28-21(17)23(32)34-24(3,4)5)12-25-15-8-10-16(33-6)11-9-15/h8-11,25,28H,7,12-13H2,1-6H3,(H,26,31)(H,27,29,30). The second-order valence-electron chi connectivity index (χ2n) is 8.81. The Morgan fingerprint density at radius 2 is 1.76 bits per heavy atom. The van der Waals surface area contributed by atoms with Crippen molar-refractivity contribution in [1.82, 2.24) is 25.5 Å². The lowest BCUT2D eigenvalue weighted by Crippen LogP contribution is -2.26. The van der Waals surface area contributed by atoms with E-state index in [1.54, 1.807) is 34.8 Å². The number of esters is 1. The molecule has 0 saturated heterocycles. The first-order valence-electron chi connectivity index (χ1n) is 11.1. The van der Waals surface area contributed by atoms with Gasteiger partial charge in [-0.3, -0.25) is 4.79 Å². The Morgan fingerprint density at radius 1 is 1.06 bits per heavy atom. The molecule has 0 spiro atoms. The molecule has 3 aromatic rings. The van der Waals surface area contributed by atoms with Crippen molar-refractivity contribution in [3.05, 3.63) is 58.4 Å². The smallest absolute Gasteiger partial charge is 0.355 e. The number of amides is 1. The summed E-state index contributed by atoms with van der Waals surface area (Å²) in [5.41, 5.74) is 2.06. The number of rotatable bonds is 9. The number of methoxy groups -OCH3 is 1. The van der Waals surface area contributed by atoms with Crippen LogP contribution in [0.4, 0.5) is 5.69 Å². The van der Waals surface area contributed by atoms with Gasteiger partial charge in [0.05, 0.1) is 25.8 Å².